The summed E-state index contributed by atoms with van der Waals surface area (Å²) in [6.45, 7) is 4.15. The SMILES string of the molecule is Cc1ccccc1NC(=O)c1ccc(-c2ccc(NC(=O)C3=C(C(F)(F)F)CCC=C(CCC4CCCC(C)C4)O3)cc2)nc1. The number of nitrogens with zero attached hydrogens (tertiary/aromatic N) is 1. The Balaban J connectivity index is 1.24. The number of pyridine rings is 1. The van der Waals surface area contributed by atoms with Crippen molar-refractivity contribution in [3.63, 3.8) is 0 Å². The molecule has 45 heavy (non-hydrogen) atoms. The molecule has 1 aromatic heterocycles. The second-order valence-electron chi connectivity index (χ2n) is 12.0. The number of aryl methyl sites for hydroxylation is 1. The summed E-state index contributed by atoms with van der Waals surface area (Å²) in [4.78, 5) is 30.3. The highest BCUT2D eigenvalue weighted by Gasteiger charge is 2.40. The lowest BCUT2D eigenvalue weighted by atomic mass is 9.80. The van der Waals surface area contributed by atoms with Gasteiger partial charge in [-0.25, -0.2) is 0 Å². The summed E-state index contributed by atoms with van der Waals surface area (Å²) < 4.78 is 47.7. The molecule has 2 amide bonds. The number of amides is 2. The molecule has 3 aromatic rings. The summed E-state index contributed by atoms with van der Waals surface area (Å²) in [7, 11) is 0. The van der Waals surface area contributed by atoms with Crippen LogP contribution in [0.5, 0.6) is 0 Å². The van der Waals surface area contributed by atoms with Gasteiger partial charge in [-0.15, -0.1) is 0 Å². The van der Waals surface area contributed by atoms with E-state index in [2.05, 4.69) is 22.5 Å². The minimum Gasteiger partial charge on any atom is -0.456 e. The fourth-order valence-electron chi connectivity index (χ4n) is 6.02. The van der Waals surface area contributed by atoms with Crippen LogP contribution in [-0.2, 0) is 9.53 Å². The van der Waals surface area contributed by atoms with Crippen LogP contribution in [0, 0.1) is 18.8 Å². The number of anilines is 2. The lowest BCUT2D eigenvalue weighted by Crippen LogP contribution is -2.23. The molecule has 1 saturated carbocycles. The third-order valence-electron chi connectivity index (χ3n) is 8.52. The van der Waals surface area contributed by atoms with Gasteiger partial charge in [0.15, 0.2) is 5.76 Å². The van der Waals surface area contributed by atoms with Crippen molar-refractivity contribution in [3.05, 3.63) is 101 Å². The molecule has 2 heterocycles. The van der Waals surface area contributed by atoms with E-state index in [1.165, 1.54) is 19.0 Å². The number of nitrogens with one attached hydrogen (secondary N) is 2. The third kappa shape index (κ3) is 8.41. The van der Waals surface area contributed by atoms with Crippen LogP contribution in [0.4, 0.5) is 24.5 Å². The molecule has 2 aliphatic rings. The summed E-state index contributed by atoms with van der Waals surface area (Å²) in [5.74, 6) is -0.302. The Morgan fingerprint density at radius 1 is 0.978 bits per heavy atom. The molecule has 0 bridgehead atoms. The smallest absolute Gasteiger partial charge is 0.416 e. The maximum atomic E-state index is 14.0. The molecule has 1 aliphatic heterocycles. The van der Waals surface area contributed by atoms with Gasteiger partial charge in [0.1, 0.15) is 5.76 Å². The Morgan fingerprint density at radius 2 is 1.76 bits per heavy atom. The van der Waals surface area contributed by atoms with Gasteiger partial charge in [-0.1, -0.05) is 56.5 Å². The fourth-order valence-corrected chi connectivity index (χ4v) is 6.02. The lowest BCUT2D eigenvalue weighted by molar-refractivity contribution is -0.119. The number of hydrogen-bond acceptors (Lipinski definition) is 4. The zero-order valence-corrected chi connectivity index (χ0v) is 25.5. The average molecular weight is 618 g/mol. The molecule has 236 valence electrons. The van der Waals surface area contributed by atoms with Crippen LogP contribution < -0.4 is 10.6 Å². The first-order chi connectivity index (χ1) is 21.6. The highest BCUT2D eigenvalue weighted by Crippen LogP contribution is 2.38. The Bertz CT molecular complexity index is 1580. The predicted octanol–water partition coefficient (Wildman–Crippen LogP) is 9.37. The van der Waals surface area contributed by atoms with Crippen LogP contribution in [0.3, 0.4) is 0 Å². The van der Waals surface area contributed by atoms with Crippen LogP contribution in [0.1, 0.15) is 74.2 Å². The summed E-state index contributed by atoms with van der Waals surface area (Å²) >= 11 is 0. The Hall–Kier alpha value is -4.40. The first kappa shape index (κ1) is 32.0. The molecule has 2 N–H and O–H groups in total. The van der Waals surface area contributed by atoms with E-state index in [1.54, 1.807) is 42.5 Å². The largest absolute Gasteiger partial charge is 0.456 e. The van der Waals surface area contributed by atoms with Crippen molar-refractivity contribution in [1.82, 2.24) is 4.98 Å². The molecule has 2 aromatic carbocycles. The Labute approximate surface area is 261 Å². The number of ether oxygens (including phenoxy) is 1. The van der Waals surface area contributed by atoms with Crippen molar-refractivity contribution in [2.45, 2.75) is 71.4 Å². The number of carbonyl (C=O) groups is 2. The number of hydrogen-bond donors (Lipinski definition) is 2. The zero-order valence-electron chi connectivity index (χ0n) is 25.5. The molecule has 2 unspecified atom stereocenters. The predicted molar refractivity (Wildman–Crippen MR) is 169 cm³/mol. The van der Waals surface area contributed by atoms with Gasteiger partial charge in [-0.2, -0.15) is 13.2 Å². The molecule has 1 aliphatic carbocycles. The van der Waals surface area contributed by atoms with Crippen molar-refractivity contribution in [2.75, 3.05) is 10.6 Å². The average Bonchev–Trinajstić information content (AvgIpc) is 3.25. The normalized spacial score (nSPS) is 18.8. The minimum atomic E-state index is -4.69. The van der Waals surface area contributed by atoms with E-state index in [0.717, 1.165) is 30.5 Å². The molecule has 6 nitrogen and oxygen atoms in total. The topological polar surface area (TPSA) is 80.3 Å². The van der Waals surface area contributed by atoms with Gasteiger partial charge in [-0.05, 0) is 86.4 Å². The summed E-state index contributed by atoms with van der Waals surface area (Å²) in [5.41, 5.74) is 2.73. The second-order valence-corrected chi connectivity index (χ2v) is 12.0. The molecule has 2 atom stereocenters. The molecule has 1 fully saturated rings. The molecule has 5 rings (SSSR count). The molecule has 0 saturated heterocycles. The van der Waals surface area contributed by atoms with Crippen molar-refractivity contribution in [2.24, 2.45) is 11.8 Å². The molecule has 0 spiro atoms. The van der Waals surface area contributed by atoms with Gasteiger partial charge in [0, 0.05) is 29.6 Å². The van der Waals surface area contributed by atoms with E-state index < -0.39 is 23.4 Å². The maximum Gasteiger partial charge on any atom is 0.416 e. The first-order valence-electron chi connectivity index (χ1n) is 15.5. The number of allylic oxidation sites excluding steroid dienone is 3. The number of halogens is 3. The van der Waals surface area contributed by atoms with Gasteiger partial charge in [0.2, 0.25) is 0 Å². The van der Waals surface area contributed by atoms with Crippen molar-refractivity contribution < 1.29 is 27.5 Å². The van der Waals surface area contributed by atoms with Crippen LogP contribution in [0.2, 0.25) is 0 Å². The highest BCUT2D eigenvalue weighted by atomic mass is 19.4. The quantitative estimate of drug-likeness (QED) is 0.264. The van der Waals surface area contributed by atoms with Crippen LogP contribution in [0.15, 0.2) is 90.0 Å². The van der Waals surface area contributed by atoms with Crippen LogP contribution >= 0.6 is 0 Å². The highest BCUT2D eigenvalue weighted by molar-refractivity contribution is 6.05. The van der Waals surface area contributed by atoms with Crippen molar-refractivity contribution >= 4 is 23.2 Å². The summed E-state index contributed by atoms with van der Waals surface area (Å²) in [6.07, 6.45) is 4.29. The maximum absolute atomic E-state index is 14.0. The van der Waals surface area contributed by atoms with E-state index in [1.807, 2.05) is 31.2 Å². The van der Waals surface area contributed by atoms with E-state index >= 15 is 0 Å². The van der Waals surface area contributed by atoms with Gasteiger partial charge >= 0.3 is 6.18 Å². The monoisotopic (exact) mass is 617 g/mol. The third-order valence-corrected chi connectivity index (χ3v) is 8.52. The lowest BCUT2D eigenvalue weighted by Gasteiger charge is -2.27. The van der Waals surface area contributed by atoms with Crippen LogP contribution in [0.25, 0.3) is 11.3 Å². The summed E-state index contributed by atoms with van der Waals surface area (Å²) in [5, 5.41) is 5.46. The van der Waals surface area contributed by atoms with Crippen LogP contribution in [-0.4, -0.2) is 23.0 Å². The van der Waals surface area contributed by atoms with Crippen molar-refractivity contribution in [3.8, 4) is 11.3 Å². The molecule has 9 heteroatoms. The number of benzene rings is 2. The van der Waals surface area contributed by atoms with Gasteiger partial charge in [0.05, 0.1) is 16.8 Å². The van der Waals surface area contributed by atoms with Gasteiger partial charge in [-0.3, -0.25) is 14.6 Å². The number of aromatic nitrogens is 1. The van der Waals surface area contributed by atoms with E-state index in [-0.39, 0.29) is 18.7 Å². The minimum absolute atomic E-state index is 0.163. The Kier molecular flexibility index (Phi) is 10.1. The zero-order chi connectivity index (χ0) is 32.0. The second kappa shape index (κ2) is 14.1. The molecule has 0 radical (unpaired) electrons. The number of alkyl halides is 3. The first-order valence-corrected chi connectivity index (χ1v) is 15.5. The standard InChI is InChI=1S/C36H38F3N3O3/c1-23-7-5-9-25(21-23)13-19-29-10-6-11-30(36(37,38)39)33(45-29)35(44)41-28-17-14-26(15-18-28)32-20-16-27(22-40-32)34(43)42-31-12-4-3-8-24(31)2/h3-4,8,10,12,14-18,20,22-23,25H,5-7,9,11,13,19,21H2,1-2H3,(H,41,44)(H,42,43). The van der Waals surface area contributed by atoms with E-state index in [9.17, 15) is 22.8 Å². The number of carbonyl (C=O) groups excluding carboxylic acids is 2. The number of rotatable bonds is 8. The fraction of sp³-hybridized carbons (Fsp3) is 0.361. The molecular weight excluding hydrogens is 579 g/mol. The van der Waals surface area contributed by atoms with Crippen molar-refractivity contribution in [1.29, 1.82) is 0 Å². The van der Waals surface area contributed by atoms with Gasteiger partial charge in [0.25, 0.3) is 11.8 Å². The van der Waals surface area contributed by atoms with E-state index in [4.69, 9.17) is 4.74 Å². The molecular formula is C36H38F3N3O3. The van der Waals surface area contributed by atoms with E-state index in [0.29, 0.717) is 46.5 Å². The number of para-hydroxylation sites is 1. The summed E-state index contributed by atoms with van der Waals surface area (Å²) in [6, 6.07) is 17.5. The Morgan fingerprint density at radius 3 is 2.44 bits per heavy atom. The van der Waals surface area contributed by atoms with Gasteiger partial charge < -0.3 is 15.4 Å².